The van der Waals surface area contributed by atoms with Crippen LogP contribution in [0.4, 0.5) is 0 Å². The van der Waals surface area contributed by atoms with Gasteiger partial charge < -0.3 is 0 Å². The van der Waals surface area contributed by atoms with E-state index in [-0.39, 0.29) is 5.78 Å². The lowest BCUT2D eigenvalue weighted by Gasteiger charge is -2.18. The number of nitrogens with zero attached hydrogens (tertiary/aromatic N) is 1. The normalized spacial score (nSPS) is 12.6. The minimum Gasteiger partial charge on any atom is -0.287 e. The second-order valence-electron chi connectivity index (χ2n) is 4.58. The molecule has 0 spiro atoms. The van der Waals surface area contributed by atoms with Gasteiger partial charge in [0.05, 0.1) is 0 Å². The van der Waals surface area contributed by atoms with Crippen molar-refractivity contribution in [3.8, 4) is 11.1 Å². The average Bonchev–Trinajstić information content (AvgIpc) is 2.44. The fraction of sp³-hybridized carbons (Fsp3) is 0. The van der Waals surface area contributed by atoms with E-state index < -0.39 is 0 Å². The molecule has 0 saturated carbocycles. The number of benzene rings is 2. The molecule has 2 nitrogen and oxygen atoms in total. The van der Waals surface area contributed by atoms with Gasteiger partial charge in [-0.05, 0) is 40.8 Å². The summed E-state index contributed by atoms with van der Waals surface area (Å²) in [6, 6.07) is 13.3. The van der Waals surface area contributed by atoms with Gasteiger partial charge in [0, 0.05) is 22.2 Å². The van der Waals surface area contributed by atoms with Crippen LogP contribution in [0.5, 0.6) is 0 Å². The lowest BCUT2D eigenvalue weighted by atomic mass is 9.85. The summed E-state index contributed by atoms with van der Waals surface area (Å²) in [5.74, 6) is -0.0315. The molecule has 1 heterocycles. The molecule has 1 aliphatic rings. The van der Waals surface area contributed by atoms with Crippen LogP contribution in [0.3, 0.4) is 0 Å². The van der Waals surface area contributed by atoms with Crippen LogP contribution in [0, 0.1) is 0 Å². The van der Waals surface area contributed by atoms with Gasteiger partial charge >= 0.3 is 0 Å². The maximum Gasteiger partial charge on any atom is 0.212 e. The Bertz CT molecular complexity index is 849. The summed E-state index contributed by atoms with van der Waals surface area (Å²) < 4.78 is 0. The van der Waals surface area contributed by atoms with Crippen LogP contribution >= 0.6 is 11.6 Å². The van der Waals surface area contributed by atoms with Crippen molar-refractivity contribution in [2.45, 2.75) is 0 Å². The number of pyridine rings is 1. The molecule has 0 atom stereocenters. The molecule has 0 radical (unpaired) electrons. The smallest absolute Gasteiger partial charge is 0.212 e. The van der Waals surface area contributed by atoms with Crippen LogP contribution in [0.15, 0.2) is 48.7 Å². The zero-order valence-electron chi connectivity index (χ0n) is 9.85. The van der Waals surface area contributed by atoms with Gasteiger partial charge in [-0.1, -0.05) is 29.8 Å². The molecule has 1 aromatic heterocycles. The maximum atomic E-state index is 12.5. The third-order valence-electron chi connectivity index (χ3n) is 3.52. The van der Waals surface area contributed by atoms with Crippen LogP contribution < -0.4 is 0 Å². The topological polar surface area (TPSA) is 30.0 Å². The standard InChI is InChI=1S/C16H8ClNO/c17-10-4-5-12-13(8-10)11-3-1-2-9-6-7-18-15(14(9)11)16(12)19/h1-8H. The molecule has 4 rings (SSSR count). The molecule has 19 heavy (non-hydrogen) atoms. The predicted molar refractivity (Wildman–Crippen MR) is 75.6 cm³/mol. The molecule has 0 saturated heterocycles. The van der Waals surface area contributed by atoms with E-state index in [9.17, 15) is 4.79 Å². The molecule has 2 aromatic carbocycles. The van der Waals surface area contributed by atoms with E-state index in [1.165, 1.54) is 0 Å². The van der Waals surface area contributed by atoms with Crippen LogP contribution in [0.1, 0.15) is 16.1 Å². The summed E-state index contributed by atoms with van der Waals surface area (Å²) in [7, 11) is 0. The molecular formula is C16H8ClNO. The van der Waals surface area contributed by atoms with Crippen molar-refractivity contribution >= 4 is 28.2 Å². The number of hydrogen-bond donors (Lipinski definition) is 0. The van der Waals surface area contributed by atoms with Crippen LogP contribution in [0.25, 0.3) is 21.9 Å². The fourth-order valence-electron chi connectivity index (χ4n) is 2.69. The van der Waals surface area contributed by atoms with E-state index in [1.807, 2.05) is 30.3 Å². The highest BCUT2D eigenvalue weighted by atomic mass is 35.5. The van der Waals surface area contributed by atoms with Gasteiger partial charge in [0.1, 0.15) is 5.69 Å². The lowest BCUT2D eigenvalue weighted by molar-refractivity contribution is 0.103. The van der Waals surface area contributed by atoms with E-state index in [0.717, 1.165) is 21.9 Å². The zero-order chi connectivity index (χ0) is 13.0. The first-order chi connectivity index (χ1) is 9.25. The fourth-order valence-corrected chi connectivity index (χ4v) is 2.86. The molecule has 90 valence electrons. The molecule has 0 aliphatic heterocycles. The average molecular weight is 266 g/mol. The summed E-state index contributed by atoms with van der Waals surface area (Å²) in [6.07, 6.45) is 1.68. The Hall–Kier alpha value is -2.19. The molecular weight excluding hydrogens is 258 g/mol. The van der Waals surface area contributed by atoms with Crippen molar-refractivity contribution in [2.75, 3.05) is 0 Å². The Morgan fingerprint density at radius 1 is 0.947 bits per heavy atom. The molecule has 0 amide bonds. The SMILES string of the molecule is O=C1c2ccc(Cl)cc2-c2cccc3ccnc1c23. The van der Waals surface area contributed by atoms with Crippen molar-refractivity contribution in [1.82, 2.24) is 4.98 Å². The highest BCUT2D eigenvalue weighted by molar-refractivity contribution is 6.32. The first kappa shape index (κ1) is 10.7. The van der Waals surface area contributed by atoms with Crippen LogP contribution in [-0.4, -0.2) is 10.8 Å². The number of carbonyl (C=O) groups is 1. The van der Waals surface area contributed by atoms with Gasteiger partial charge in [-0.25, -0.2) is 0 Å². The second-order valence-corrected chi connectivity index (χ2v) is 5.02. The number of halogens is 1. The first-order valence-corrected chi connectivity index (χ1v) is 6.36. The van der Waals surface area contributed by atoms with Gasteiger partial charge in [-0.3, -0.25) is 9.78 Å². The summed E-state index contributed by atoms with van der Waals surface area (Å²) in [4.78, 5) is 16.8. The Labute approximate surface area is 114 Å². The number of ketones is 1. The molecule has 0 N–H and O–H groups in total. The van der Waals surface area contributed by atoms with Crippen molar-refractivity contribution in [2.24, 2.45) is 0 Å². The zero-order valence-corrected chi connectivity index (χ0v) is 10.6. The molecule has 3 aromatic rings. The van der Waals surface area contributed by atoms with E-state index in [4.69, 9.17) is 11.6 Å². The van der Waals surface area contributed by atoms with Gasteiger partial charge in [-0.15, -0.1) is 0 Å². The molecule has 1 aliphatic carbocycles. The number of fused-ring (bicyclic) bond motifs is 2. The van der Waals surface area contributed by atoms with Crippen molar-refractivity contribution in [1.29, 1.82) is 0 Å². The van der Waals surface area contributed by atoms with Gasteiger partial charge in [-0.2, -0.15) is 0 Å². The van der Waals surface area contributed by atoms with Crippen LogP contribution in [0.2, 0.25) is 5.02 Å². The number of aromatic nitrogens is 1. The Morgan fingerprint density at radius 3 is 2.74 bits per heavy atom. The second kappa shape index (κ2) is 3.65. The monoisotopic (exact) mass is 265 g/mol. The summed E-state index contributed by atoms with van der Waals surface area (Å²) in [5.41, 5.74) is 3.12. The van der Waals surface area contributed by atoms with Crippen molar-refractivity contribution in [3.63, 3.8) is 0 Å². The summed E-state index contributed by atoms with van der Waals surface area (Å²) in [5, 5.41) is 2.59. The molecule has 0 bridgehead atoms. The van der Waals surface area contributed by atoms with E-state index in [1.54, 1.807) is 18.3 Å². The summed E-state index contributed by atoms with van der Waals surface area (Å²) in [6.45, 7) is 0. The Balaban J connectivity index is 2.25. The number of rotatable bonds is 0. The lowest BCUT2D eigenvalue weighted by Crippen LogP contribution is -2.11. The van der Waals surface area contributed by atoms with Crippen LogP contribution in [-0.2, 0) is 0 Å². The van der Waals surface area contributed by atoms with E-state index >= 15 is 0 Å². The molecule has 0 unspecified atom stereocenters. The molecule has 3 heteroatoms. The van der Waals surface area contributed by atoms with Crippen molar-refractivity contribution in [3.05, 3.63) is 64.9 Å². The predicted octanol–water partition coefficient (Wildman–Crippen LogP) is 4.10. The quantitative estimate of drug-likeness (QED) is 0.479. The van der Waals surface area contributed by atoms with Gasteiger partial charge in [0.2, 0.25) is 5.78 Å². The minimum atomic E-state index is -0.0315. The van der Waals surface area contributed by atoms with E-state index in [0.29, 0.717) is 16.3 Å². The van der Waals surface area contributed by atoms with Gasteiger partial charge in [0.15, 0.2) is 0 Å². The maximum absolute atomic E-state index is 12.5. The van der Waals surface area contributed by atoms with Crippen molar-refractivity contribution < 1.29 is 4.79 Å². The Morgan fingerprint density at radius 2 is 1.84 bits per heavy atom. The molecule has 0 fully saturated rings. The number of carbonyl (C=O) groups excluding carboxylic acids is 1. The third-order valence-corrected chi connectivity index (χ3v) is 3.76. The van der Waals surface area contributed by atoms with E-state index in [2.05, 4.69) is 4.98 Å². The number of hydrogen-bond acceptors (Lipinski definition) is 2. The highest BCUT2D eigenvalue weighted by Crippen LogP contribution is 2.39. The third kappa shape index (κ3) is 1.38. The Kier molecular flexibility index (Phi) is 2.06. The summed E-state index contributed by atoms with van der Waals surface area (Å²) >= 11 is 6.06. The largest absolute Gasteiger partial charge is 0.287 e. The highest BCUT2D eigenvalue weighted by Gasteiger charge is 2.25. The minimum absolute atomic E-state index is 0.0315. The van der Waals surface area contributed by atoms with Gasteiger partial charge in [0.25, 0.3) is 0 Å². The first-order valence-electron chi connectivity index (χ1n) is 5.98.